The van der Waals surface area contributed by atoms with Gasteiger partial charge in [-0.2, -0.15) is 0 Å². The Balaban J connectivity index is 1.04. The lowest BCUT2D eigenvalue weighted by Crippen LogP contribution is -2.44. The van der Waals surface area contributed by atoms with Gasteiger partial charge in [0.1, 0.15) is 29.8 Å². The number of fused-ring (bicyclic) bond motifs is 2. The highest BCUT2D eigenvalue weighted by Crippen LogP contribution is 2.29. The normalized spacial score (nSPS) is 14.4. The third kappa shape index (κ3) is 6.27. The van der Waals surface area contributed by atoms with Gasteiger partial charge in [0.05, 0.1) is 22.5 Å². The van der Waals surface area contributed by atoms with E-state index in [1.807, 2.05) is 105 Å². The van der Waals surface area contributed by atoms with E-state index in [2.05, 4.69) is 4.57 Å². The molecule has 5 aromatic rings. The summed E-state index contributed by atoms with van der Waals surface area (Å²) in [5, 5.41) is 2.99. The number of likely N-dealkylation sites (tertiary alicyclic amines) is 1. The molecule has 6 rings (SSSR count). The number of carbonyl (C=O) groups is 2. The van der Waals surface area contributed by atoms with E-state index in [1.54, 1.807) is 16.2 Å². The molecule has 0 atom stereocenters. The van der Waals surface area contributed by atoms with E-state index in [9.17, 15) is 9.59 Å². The molecular weight excluding hydrogens is 562 g/mol. The number of ether oxygens (including phenoxy) is 3. The summed E-state index contributed by atoms with van der Waals surface area (Å²) in [6, 6.07) is 19.7. The summed E-state index contributed by atoms with van der Waals surface area (Å²) in [6.45, 7) is 7.92. The summed E-state index contributed by atoms with van der Waals surface area (Å²) < 4.78 is 22.9. The van der Waals surface area contributed by atoms with Crippen LogP contribution in [0.3, 0.4) is 0 Å². The summed E-state index contributed by atoms with van der Waals surface area (Å²) in [4.78, 5) is 27.7. The van der Waals surface area contributed by atoms with E-state index in [4.69, 9.17) is 14.2 Å². The second kappa shape index (κ2) is 11.8. The van der Waals surface area contributed by atoms with Crippen molar-refractivity contribution in [2.45, 2.75) is 51.9 Å². The van der Waals surface area contributed by atoms with Crippen molar-refractivity contribution >= 4 is 44.3 Å². The van der Waals surface area contributed by atoms with Crippen LogP contribution in [0.25, 0.3) is 21.1 Å². The lowest BCUT2D eigenvalue weighted by Gasteiger charge is -2.33. The molecule has 1 amide bonds. The smallest absolute Gasteiger partial charge is 0.410 e. The molecule has 0 aliphatic carbocycles. The Kier molecular flexibility index (Phi) is 7.92. The fraction of sp³-hybridized carbons (Fsp3) is 0.353. The topological polar surface area (TPSA) is 74.9 Å². The zero-order valence-electron chi connectivity index (χ0n) is 25.0. The Morgan fingerprint density at radius 3 is 2.40 bits per heavy atom. The molecule has 0 spiro atoms. The molecule has 0 bridgehead atoms. The molecule has 4 heterocycles. The van der Waals surface area contributed by atoms with Crippen molar-refractivity contribution in [3.63, 3.8) is 0 Å². The van der Waals surface area contributed by atoms with Crippen LogP contribution < -0.4 is 9.47 Å². The van der Waals surface area contributed by atoms with Gasteiger partial charge in [-0.15, -0.1) is 11.3 Å². The second-order valence-corrected chi connectivity index (χ2v) is 12.9. The molecule has 3 aromatic heterocycles. The minimum Gasteiger partial charge on any atom is -0.492 e. The quantitative estimate of drug-likeness (QED) is 0.175. The molecule has 0 saturated carbocycles. The number of carbonyl (C=O) groups excluding carboxylic acids is 2. The third-order valence-electron chi connectivity index (χ3n) is 7.75. The fourth-order valence-corrected chi connectivity index (χ4v) is 6.42. The number of nitrogens with zero attached hydrogens (tertiary/aromatic N) is 3. The van der Waals surface area contributed by atoms with Crippen LogP contribution in [0.4, 0.5) is 4.79 Å². The maximum Gasteiger partial charge on any atom is 0.410 e. The van der Waals surface area contributed by atoms with Gasteiger partial charge in [-0.25, -0.2) is 4.79 Å². The van der Waals surface area contributed by atoms with Gasteiger partial charge in [0.2, 0.25) is 5.78 Å². The van der Waals surface area contributed by atoms with Crippen molar-refractivity contribution in [2.75, 3.05) is 19.7 Å². The number of piperidine rings is 1. The Morgan fingerprint density at radius 2 is 1.67 bits per heavy atom. The number of para-hydroxylation sites is 1. The summed E-state index contributed by atoms with van der Waals surface area (Å²) >= 11 is 1.64. The minimum atomic E-state index is -0.494. The predicted octanol–water partition coefficient (Wildman–Crippen LogP) is 7.28. The third-order valence-corrected chi connectivity index (χ3v) is 8.60. The van der Waals surface area contributed by atoms with Gasteiger partial charge in [0, 0.05) is 55.6 Å². The van der Waals surface area contributed by atoms with Crippen molar-refractivity contribution in [1.29, 1.82) is 0 Å². The summed E-state index contributed by atoms with van der Waals surface area (Å²) in [5.74, 6) is 1.56. The zero-order valence-corrected chi connectivity index (χ0v) is 25.9. The molecule has 1 fully saturated rings. The molecular formula is C34H37N3O5S. The lowest BCUT2D eigenvalue weighted by molar-refractivity contribution is 0.0126. The van der Waals surface area contributed by atoms with Crippen molar-refractivity contribution in [1.82, 2.24) is 14.0 Å². The van der Waals surface area contributed by atoms with Gasteiger partial charge in [-0.1, -0.05) is 18.2 Å². The van der Waals surface area contributed by atoms with Gasteiger partial charge in [0.15, 0.2) is 0 Å². The van der Waals surface area contributed by atoms with E-state index in [1.165, 1.54) is 0 Å². The maximum atomic E-state index is 13.6. The Hall–Kier alpha value is -4.24. The highest BCUT2D eigenvalue weighted by molar-refractivity contribution is 7.17. The highest BCUT2D eigenvalue weighted by Gasteiger charge is 2.27. The van der Waals surface area contributed by atoms with Gasteiger partial charge in [0.25, 0.3) is 0 Å². The number of rotatable bonds is 8. The predicted molar refractivity (Wildman–Crippen MR) is 170 cm³/mol. The van der Waals surface area contributed by atoms with Crippen molar-refractivity contribution in [3.8, 4) is 11.5 Å². The zero-order chi connectivity index (χ0) is 30.1. The van der Waals surface area contributed by atoms with Crippen molar-refractivity contribution in [3.05, 3.63) is 83.5 Å². The summed E-state index contributed by atoms with van der Waals surface area (Å²) in [6.07, 6.45) is 3.25. The van der Waals surface area contributed by atoms with Crippen LogP contribution in [-0.4, -0.2) is 57.3 Å². The van der Waals surface area contributed by atoms with E-state index >= 15 is 0 Å². The van der Waals surface area contributed by atoms with Gasteiger partial charge in [-0.05, 0) is 68.6 Å². The second-order valence-electron chi connectivity index (χ2n) is 11.9. The SMILES string of the molecule is Cn1c(C(=O)c2cn(CCOc3ccc(OC4CCN(C(=O)OC(C)(C)C)CC4)cc3)c3ccccc23)cc2sccc21. The summed E-state index contributed by atoms with van der Waals surface area (Å²) in [5.41, 5.74) is 2.97. The molecule has 1 aliphatic rings. The molecule has 9 heteroatoms. The average Bonchev–Trinajstić information content (AvgIpc) is 3.68. The molecule has 1 saturated heterocycles. The van der Waals surface area contributed by atoms with Crippen LogP contribution in [0.1, 0.15) is 49.7 Å². The number of hydrogen-bond acceptors (Lipinski definition) is 6. The van der Waals surface area contributed by atoms with E-state index in [0.29, 0.717) is 37.5 Å². The van der Waals surface area contributed by atoms with E-state index < -0.39 is 5.60 Å². The van der Waals surface area contributed by atoms with Crippen molar-refractivity contribution in [2.24, 2.45) is 7.05 Å². The molecule has 0 unspecified atom stereocenters. The number of thiophene rings is 1. The van der Waals surface area contributed by atoms with Gasteiger partial charge < -0.3 is 28.2 Å². The van der Waals surface area contributed by atoms with E-state index in [-0.39, 0.29) is 18.0 Å². The standard InChI is InChI=1S/C34H37N3O5S/c1-34(2,3)42-33(39)36-16-13-25(14-17-36)41-24-11-9-23(10-12-24)40-19-18-37-22-27(26-7-5-6-8-28(26)37)32(38)30-21-31-29(35(30)4)15-20-43-31/h5-12,15,20-22,25H,13-14,16-19H2,1-4H3. The van der Waals surface area contributed by atoms with Crippen LogP contribution in [0.2, 0.25) is 0 Å². The number of aromatic nitrogens is 2. The molecule has 0 radical (unpaired) electrons. The first-order valence-electron chi connectivity index (χ1n) is 14.7. The molecule has 43 heavy (non-hydrogen) atoms. The number of ketones is 1. The van der Waals surface area contributed by atoms with E-state index in [0.717, 1.165) is 45.5 Å². The average molecular weight is 600 g/mol. The number of benzene rings is 2. The van der Waals surface area contributed by atoms with Crippen LogP contribution >= 0.6 is 11.3 Å². The molecule has 2 aromatic carbocycles. The fourth-order valence-electron chi connectivity index (χ4n) is 5.57. The Morgan fingerprint density at radius 1 is 0.953 bits per heavy atom. The van der Waals surface area contributed by atoms with Crippen LogP contribution in [-0.2, 0) is 18.3 Å². The molecule has 8 nitrogen and oxygen atoms in total. The van der Waals surface area contributed by atoms with Crippen LogP contribution in [0.5, 0.6) is 11.5 Å². The van der Waals surface area contributed by atoms with Crippen molar-refractivity contribution < 1.29 is 23.8 Å². The minimum absolute atomic E-state index is 0.0212. The van der Waals surface area contributed by atoms with Gasteiger partial charge >= 0.3 is 6.09 Å². The first-order valence-corrected chi connectivity index (χ1v) is 15.6. The molecule has 0 N–H and O–H groups in total. The Bertz CT molecular complexity index is 1750. The lowest BCUT2D eigenvalue weighted by atomic mass is 10.1. The highest BCUT2D eigenvalue weighted by atomic mass is 32.1. The summed E-state index contributed by atoms with van der Waals surface area (Å²) in [7, 11) is 1.95. The number of hydrogen-bond donors (Lipinski definition) is 0. The molecule has 224 valence electrons. The largest absolute Gasteiger partial charge is 0.492 e. The maximum absolute atomic E-state index is 13.6. The number of amides is 1. The molecule has 1 aliphatic heterocycles. The van der Waals surface area contributed by atoms with Crippen LogP contribution in [0.15, 0.2) is 72.2 Å². The first kappa shape index (κ1) is 28.9. The van der Waals surface area contributed by atoms with Gasteiger partial charge in [-0.3, -0.25) is 4.79 Å². The first-order chi connectivity index (χ1) is 20.7. The Labute approximate surface area is 255 Å². The van der Waals surface area contributed by atoms with Crippen LogP contribution in [0, 0.1) is 0 Å². The monoisotopic (exact) mass is 599 g/mol. The number of aryl methyl sites for hydroxylation is 1.